The van der Waals surface area contributed by atoms with Gasteiger partial charge in [0.2, 0.25) is 0 Å². The van der Waals surface area contributed by atoms with Crippen molar-refractivity contribution in [3.8, 4) is 11.1 Å². The molecule has 0 unspecified atom stereocenters. The maximum Gasteiger partial charge on any atom is 0.338 e. The van der Waals surface area contributed by atoms with Gasteiger partial charge in [0.25, 0.3) is 0 Å². The van der Waals surface area contributed by atoms with Gasteiger partial charge < -0.3 is 4.74 Å². The second-order valence-corrected chi connectivity index (χ2v) is 4.64. The molecule has 0 heterocycles. The number of carbonyl (C=O) groups excluding carboxylic acids is 1. The molecule has 0 radical (unpaired) electrons. The Morgan fingerprint density at radius 3 is 2.24 bits per heavy atom. The Kier molecular flexibility index (Phi) is 5.64. The van der Waals surface area contributed by atoms with Gasteiger partial charge in [-0.25, -0.2) is 4.79 Å². The first kappa shape index (κ1) is 14.9. The molecule has 4 heteroatoms. The van der Waals surface area contributed by atoms with Gasteiger partial charge in [-0.2, -0.15) is 4.91 Å². The molecule has 0 amide bonds. The van der Waals surface area contributed by atoms with Gasteiger partial charge in [0, 0.05) is 0 Å². The Balaban J connectivity index is 1.90. The molecule has 0 atom stereocenters. The van der Waals surface area contributed by atoms with Crippen molar-refractivity contribution in [2.75, 3.05) is 13.2 Å². The molecular weight excluding hydrogens is 266 g/mol. The first-order valence-electron chi connectivity index (χ1n) is 6.93. The van der Waals surface area contributed by atoms with Crippen LogP contribution in [0.1, 0.15) is 23.2 Å². The van der Waals surface area contributed by atoms with E-state index in [4.69, 9.17) is 4.74 Å². The maximum atomic E-state index is 11.8. The molecule has 0 saturated carbocycles. The zero-order valence-electron chi connectivity index (χ0n) is 11.7. The average Bonchev–Trinajstić information content (AvgIpc) is 2.55. The van der Waals surface area contributed by atoms with Crippen LogP contribution >= 0.6 is 0 Å². The molecule has 2 aromatic rings. The van der Waals surface area contributed by atoms with E-state index >= 15 is 0 Å². The molecule has 2 aromatic carbocycles. The second-order valence-electron chi connectivity index (χ2n) is 4.64. The van der Waals surface area contributed by atoms with Crippen molar-refractivity contribution in [2.24, 2.45) is 5.18 Å². The van der Waals surface area contributed by atoms with Crippen LogP contribution in [0.3, 0.4) is 0 Å². The van der Waals surface area contributed by atoms with Gasteiger partial charge in [-0.05, 0) is 36.1 Å². The summed E-state index contributed by atoms with van der Waals surface area (Å²) in [5, 5.41) is 2.76. The van der Waals surface area contributed by atoms with Gasteiger partial charge in [0.05, 0.1) is 18.7 Å². The second kappa shape index (κ2) is 7.94. The van der Waals surface area contributed by atoms with Crippen molar-refractivity contribution in [2.45, 2.75) is 12.8 Å². The number of hydrogen-bond acceptors (Lipinski definition) is 4. The third-order valence-corrected chi connectivity index (χ3v) is 3.10. The summed E-state index contributed by atoms with van der Waals surface area (Å²) in [5.41, 5.74) is 2.70. The van der Waals surface area contributed by atoms with E-state index in [0.29, 0.717) is 25.0 Å². The summed E-state index contributed by atoms with van der Waals surface area (Å²) >= 11 is 0. The monoisotopic (exact) mass is 283 g/mol. The molecular formula is C17H17NO3. The van der Waals surface area contributed by atoms with Gasteiger partial charge in [0.15, 0.2) is 0 Å². The molecule has 0 aliphatic heterocycles. The highest BCUT2D eigenvalue weighted by atomic mass is 16.5. The maximum absolute atomic E-state index is 11.8. The number of ether oxygens (including phenoxy) is 1. The fourth-order valence-electron chi connectivity index (χ4n) is 1.96. The first-order chi connectivity index (χ1) is 10.3. The van der Waals surface area contributed by atoms with E-state index in [-0.39, 0.29) is 12.5 Å². The van der Waals surface area contributed by atoms with Gasteiger partial charge in [-0.15, -0.1) is 0 Å². The van der Waals surface area contributed by atoms with Crippen LogP contribution in [-0.4, -0.2) is 19.1 Å². The van der Waals surface area contributed by atoms with E-state index in [0.717, 1.165) is 11.1 Å². The van der Waals surface area contributed by atoms with Crippen molar-refractivity contribution >= 4 is 5.97 Å². The number of nitroso groups, excluding NO2 is 1. The SMILES string of the molecule is O=NCCCCOC(=O)c1ccc(-c2ccccc2)cc1. The molecule has 0 fully saturated rings. The molecule has 4 nitrogen and oxygen atoms in total. The minimum absolute atomic E-state index is 0.267. The fourth-order valence-corrected chi connectivity index (χ4v) is 1.96. The van der Waals surface area contributed by atoms with E-state index in [9.17, 15) is 9.70 Å². The van der Waals surface area contributed by atoms with Crippen molar-refractivity contribution in [1.82, 2.24) is 0 Å². The Morgan fingerprint density at radius 1 is 0.905 bits per heavy atom. The van der Waals surface area contributed by atoms with Crippen LogP contribution in [0.4, 0.5) is 0 Å². The lowest BCUT2D eigenvalue weighted by Gasteiger charge is -2.05. The predicted octanol–water partition coefficient (Wildman–Crippen LogP) is 4.06. The van der Waals surface area contributed by atoms with Crippen molar-refractivity contribution in [1.29, 1.82) is 0 Å². The van der Waals surface area contributed by atoms with E-state index in [1.54, 1.807) is 12.1 Å². The molecule has 108 valence electrons. The quantitative estimate of drug-likeness (QED) is 0.437. The summed E-state index contributed by atoms with van der Waals surface area (Å²) in [4.78, 5) is 21.7. The van der Waals surface area contributed by atoms with Gasteiger partial charge in [0.1, 0.15) is 0 Å². The molecule has 0 spiro atoms. The fraction of sp³-hybridized carbons (Fsp3) is 0.235. The zero-order valence-corrected chi connectivity index (χ0v) is 11.7. The Bertz CT molecular complexity index is 579. The van der Waals surface area contributed by atoms with E-state index in [2.05, 4.69) is 5.18 Å². The summed E-state index contributed by atoms with van der Waals surface area (Å²) in [5.74, 6) is -0.339. The summed E-state index contributed by atoms with van der Waals surface area (Å²) < 4.78 is 5.14. The van der Waals surface area contributed by atoms with Crippen LogP contribution in [0.2, 0.25) is 0 Å². The normalized spacial score (nSPS) is 10.1. The number of esters is 1. The van der Waals surface area contributed by atoms with Crippen LogP contribution in [0.15, 0.2) is 59.8 Å². The van der Waals surface area contributed by atoms with Crippen LogP contribution in [0.5, 0.6) is 0 Å². The number of benzene rings is 2. The Labute approximate surface area is 123 Å². The third kappa shape index (κ3) is 4.53. The Hall–Kier alpha value is -2.49. The number of carbonyl (C=O) groups is 1. The highest BCUT2D eigenvalue weighted by Gasteiger charge is 2.07. The highest BCUT2D eigenvalue weighted by molar-refractivity contribution is 5.90. The third-order valence-electron chi connectivity index (χ3n) is 3.10. The smallest absolute Gasteiger partial charge is 0.338 e. The average molecular weight is 283 g/mol. The number of hydrogen-bond donors (Lipinski definition) is 0. The van der Waals surface area contributed by atoms with Gasteiger partial charge in [-0.1, -0.05) is 47.6 Å². The highest BCUT2D eigenvalue weighted by Crippen LogP contribution is 2.19. The van der Waals surface area contributed by atoms with Crippen molar-refractivity contribution in [3.05, 3.63) is 65.1 Å². The van der Waals surface area contributed by atoms with Crippen LogP contribution in [-0.2, 0) is 4.74 Å². The standard InChI is InChI=1S/C17H17NO3/c19-17(21-13-5-4-12-18-20)16-10-8-15(9-11-16)14-6-2-1-3-7-14/h1-3,6-11H,4-5,12-13H2. The summed E-state index contributed by atoms with van der Waals surface area (Å²) in [7, 11) is 0. The zero-order chi connectivity index (χ0) is 14.9. The first-order valence-corrected chi connectivity index (χ1v) is 6.93. The summed E-state index contributed by atoms with van der Waals surface area (Å²) in [6.07, 6.45) is 1.29. The molecule has 21 heavy (non-hydrogen) atoms. The number of nitrogens with zero attached hydrogens (tertiary/aromatic N) is 1. The van der Waals surface area contributed by atoms with Crippen molar-refractivity contribution in [3.63, 3.8) is 0 Å². The molecule has 0 aromatic heterocycles. The lowest BCUT2D eigenvalue weighted by molar-refractivity contribution is 0.0499. The lowest BCUT2D eigenvalue weighted by atomic mass is 10.0. The van der Waals surface area contributed by atoms with Crippen LogP contribution < -0.4 is 0 Å². The van der Waals surface area contributed by atoms with E-state index in [1.807, 2.05) is 42.5 Å². The van der Waals surface area contributed by atoms with Gasteiger partial charge in [-0.3, -0.25) is 0 Å². The summed E-state index contributed by atoms with van der Waals surface area (Å²) in [6.45, 7) is 0.581. The van der Waals surface area contributed by atoms with E-state index in [1.165, 1.54) is 0 Å². The molecule has 2 rings (SSSR count). The Morgan fingerprint density at radius 2 is 1.57 bits per heavy atom. The molecule has 0 aliphatic carbocycles. The minimum atomic E-state index is -0.339. The molecule has 0 bridgehead atoms. The topological polar surface area (TPSA) is 55.7 Å². The minimum Gasteiger partial charge on any atom is -0.462 e. The predicted molar refractivity (Wildman–Crippen MR) is 82.1 cm³/mol. The number of unbranched alkanes of at least 4 members (excludes halogenated alkanes) is 1. The molecule has 0 aliphatic rings. The molecule has 0 N–H and O–H groups in total. The van der Waals surface area contributed by atoms with E-state index < -0.39 is 0 Å². The number of rotatable bonds is 7. The summed E-state index contributed by atoms with van der Waals surface area (Å²) in [6, 6.07) is 17.3. The lowest BCUT2D eigenvalue weighted by Crippen LogP contribution is -2.06. The molecule has 0 saturated heterocycles. The largest absolute Gasteiger partial charge is 0.462 e. The van der Waals surface area contributed by atoms with Gasteiger partial charge >= 0.3 is 5.97 Å². The van der Waals surface area contributed by atoms with Crippen molar-refractivity contribution < 1.29 is 9.53 Å². The van der Waals surface area contributed by atoms with Crippen LogP contribution in [0, 0.1) is 4.91 Å². The van der Waals surface area contributed by atoms with Crippen LogP contribution in [0.25, 0.3) is 11.1 Å².